The van der Waals surface area contributed by atoms with Gasteiger partial charge in [-0.2, -0.15) is 0 Å². The number of piperidine rings is 1. The van der Waals surface area contributed by atoms with E-state index in [4.69, 9.17) is 4.74 Å². The monoisotopic (exact) mass is 343 g/mol. The van der Waals surface area contributed by atoms with Gasteiger partial charge in [0, 0.05) is 44.3 Å². The molecule has 4 rings (SSSR count). The quantitative estimate of drug-likeness (QED) is 0.845. The maximum absolute atomic E-state index is 12.3. The van der Waals surface area contributed by atoms with Crippen molar-refractivity contribution in [2.75, 3.05) is 39.8 Å². The number of carbonyl (C=O) groups is 1. The van der Waals surface area contributed by atoms with Crippen LogP contribution in [0.15, 0.2) is 30.3 Å². The van der Waals surface area contributed by atoms with Gasteiger partial charge in [-0.05, 0) is 38.3 Å². The molecule has 3 fully saturated rings. The fourth-order valence-electron chi connectivity index (χ4n) is 4.31. The Morgan fingerprint density at radius 2 is 1.84 bits per heavy atom. The van der Waals surface area contributed by atoms with Gasteiger partial charge in [0.25, 0.3) is 0 Å². The second kappa shape index (κ2) is 6.96. The van der Waals surface area contributed by atoms with E-state index < -0.39 is 0 Å². The van der Waals surface area contributed by atoms with Crippen LogP contribution in [0.1, 0.15) is 31.2 Å². The first-order valence-corrected chi connectivity index (χ1v) is 9.57. The van der Waals surface area contributed by atoms with E-state index in [0.29, 0.717) is 18.2 Å². The van der Waals surface area contributed by atoms with Crippen LogP contribution in [0.2, 0.25) is 0 Å². The number of benzene rings is 1. The Bertz CT molecular complexity index is 594. The summed E-state index contributed by atoms with van der Waals surface area (Å²) in [6.45, 7) is 5.56. The summed E-state index contributed by atoms with van der Waals surface area (Å²) in [7, 11) is 2.27. The molecular weight excluding hydrogens is 314 g/mol. The van der Waals surface area contributed by atoms with Crippen LogP contribution in [0.25, 0.3) is 0 Å². The van der Waals surface area contributed by atoms with Crippen molar-refractivity contribution in [1.82, 2.24) is 14.7 Å². The van der Waals surface area contributed by atoms with Crippen LogP contribution in [0.3, 0.4) is 0 Å². The van der Waals surface area contributed by atoms with Crippen molar-refractivity contribution in [3.63, 3.8) is 0 Å². The molecule has 0 radical (unpaired) electrons. The van der Waals surface area contributed by atoms with Gasteiger partial charge in [-0.25, -0.2) is 4.79 Å². The van der Waals surface area contributed by atoms with E-state index in [2.05, 4.69) is 16.8 Å². The summed E-state index contributed by atoms with van der Waals surface area (Å²) >= 11 is 0. The molecule has 1 saturated carbocycles. The van der Waals surface area contributed by atoms with Gasteiger partial charge in [-0.3, -0.25) is 9.80 Å². The molecule has 25 heavy (non-hydrogen) atoms. The van der Waals surface area contributed by atoms with Gasteiger partial charge in [0.15, 0.2) is 0 Å². The standard InChI is InChI=1S/C20H29N3O2/c1-21-13-14-23(16-20(21)9-10-20)18-7-11-22(12-8-18)19(24)25-15-17-5-3-2-4-6-17/h2-6,18H,7-16H2,1H3. The highest BCUT2D eigenvalue weighted by Crippen LogP contribution is 2.44. The van der Waals surface area contributed by atoms with Gasteiger partial charge in [0.05, 0.1) is 0 Å². The van der Waals surface area contributed by atoms with Crippen molar-refractivity contribution in [3.8, 4) is 0 Å². The minimum atomic E-state index is -0.167. The normalized spacial score (nSPS) is 24.4. The van der Waals surface area contributed by atoms with Crippen molar-refractivity contribution < 1.29 is 9.53 Å². The molecular formula is C20H29N3O2. The summed E-state index contributed by atoms with van der Waals surface area (Å²) in [5.41, 5.74) is 1.52. The Morgan fingerprint density at radius 3 is 2.52 bits per heavy atom. The number of likely N-dealkylation sites (N-methyl/N-ethyl adjacent to an activating group) is 1. The van der Waals surface area contributed by atoms with Gasteiger partial charge < -0.3 is 9.64 Å². The Kier molecular flexibility index (Phi) is 4.69. The van der Waals surface area contributed by atoms with Crippen molar-refractivity contribution in [3.05, 3.63) is 35.9 Å². The average Bonchev–Trinajstić information content (AvgIpc) is 3.43. The fraction of sp³-hybridized carbons (Fsp3) is 0.650. The van der Waals surface area contributed by atoms with Gasteiger partial charge in [0.1, 0.15) is 6.61 Å². The van der Waals surface area contributed by atoms with E-state index in [1.807, 2.05) is 35.2 Å². The van der Waals surface area contributed by atoms with Crippen LogP contribution >= 0.6 is 0 Å². The highest BCUT2D eigenvalue weighted by atomic mass is 16.6. The molecule has 0 bridgehead atoms. The molecule has 3 aliphatic rings. The summed E-state index contributed by atoms with van der Waals surface area (Å²) < 4.78 is 5.47. The third kappa shape index (κ3) is 3.67. The molecule has 0 atom stereocenters. The number of rotatable bonds is 3. The topological polar surface area (TPSA) is 36.0 Å². The molecule has 2 heterocycles. The second-order valence-corrected chi connectivity index (χ2v) is 7.87. The minimum Gasteiger partial charge on any atom is -0.445 e. The molecule has 136 valence electrons. The summed E-state index contributed by atoms with van der Waals surface area (Å²) in [6.07, 6.45) is 4.68. The smallest absolute Gasteiger partial charge is 0.410 e. The molecule has 2 aliphatic heterocycles. The maximum atomic E-state index is 12.3. The fourth-order valence-corrected chi connectivity index (χ4v) is 4.31. The van der Waals surface area contributed by atoms with Crippen molar-refractivity contribution in [2.24, 2.45) is 0 Å². The third-order valence-electron chi connectivity index (χ3n) is 6.30. The number of ether oxygens (including phenoxy) is 1. The Hall–Kier alpha value is -1.59. The van der Waals surface area contributed by atoms with Crippen molar-refractivity contribution in [1.29, 1.82) is 0 Å². The van der Waals surface area contributed by atoms with Gasteiger partial charge in [0.2, 0.25) is 0 Å². The van der Waals surface area contributed by atoms with E-state index in [0.717, 1.165) is 31.5 Å². The van der Waals surface area contributed by atoms with Crippen LogP contribution in [0.5, 0.6) is 0 Å². The highest BCUT2D eigenvalue weighted by Gasteiger charge is 2.50. The van der Waals surface area contributed by atoms with E-state index in [-0.39, 0.29) is 6.09 Å². The lowest BCUT2D eigenvalue weighted by atomic mass is 10.0. The molecule has 0 aromatic heterocycles. The molecule has 1 aromatic carbocycles. The first-order valence-electron chi connectivity index (χ1n) is 9.57. The van der Waals surface area contributed by atoms with E-state index in [1.165, 1.54) is 32.5 Å². The number of carbonyl (C=O) groups excluding carboxylic acids is 1. The first-order chi connectivity index (χ1) is 12.2. The lowest BCUT2D eigenvalue weighted by molar-refractivity contribution is 0.0231. The Morgan fingerprint density at radius 1 is 1.12 bits per heavy atom. The predicted octanol–water partition coefficient (Wildman–Crippen LogP) is 2.57. The molecule has 5 heteroatoms. The van der Waals surface area contributed by atoms with Crippen LogP contribution in [0.4, 0.5) is 4.79 Å². The van der Waals surface area contributed by atoms with Gasteiger partial charge in [-0.15, -0.1) is 0 Å². The molecule has 1 amide bonds. The molecule has 0 unspecified atom stereocenters. The van der Waals surface area contributed by atoms with Crippen LogP contribution in [-0.2, 0) is 11.3 Å². The van der Waals surface area contributed by atoms with Crippen molar-refractivity contribution in [2.45, 2.75) is 43.9 Å². The zero-order valence-electron chi connectivity index (χ0n) is 15.2. The zero-order chi connectivity index (χ0) is 17.3. The molecule has 0 N–H and O–H groups in total. The van der Waals surface area contributed by atoms with E-state index in [9.17, 15) is 4.79 Å². The number of likely N-dealkylation sites (tertiary alicyclic amines) is 1. The summed E-state index contributed by atoms with van der Waals surface area (Å²) in [6, 6.07) is 10.5. The molecule has 1 aliphatic carbocycles. The lowest BCUT2D eigenvalue weighted by Gasteiger charge is -2.45. The SMILES string of the molecule is CN1CCN(C2CCN(C(=O)OCc3ccccc3)CC2)CC12CC2. The zero-order valence-corrected chi connectivity index (χ0v) is 15.2. The number of nitrogens with zero attached hydrogens (tertiary/aromatic N) is 3. The highest BCUT2D eigenvalue weighted by molar-refractivity contribution is 5.67. The third-order valence-corrected chi connectivity index (χ3v) is 6.30. The predicted molar refractivity (Wildman–Crippen MR) is 97.4 cm³/mol. The second-order valence-electron chi connectivity index (χ2n) is 7.87. The van der Waals surface area contributed by atoms with E-state index in [1.54, 1.807) is 0 Å². The Balaban J connectivity index is 1.23. The maximum Gasteiger partial charge on any atom is 0.410 e. The molecule has 1 spiro atoms. The Labute approximate surface area is 150 Å². The number of piperazine rings is 1. The minimum absolute atomic E-state index is 0.167. The average molecular weight is 343 g/mol. The molecule has 5 nitrogen and oxygen atoms in total. The van der Waals surface area contributed by atoms with Crippen LogP contribution < -0.4 is 0 Å². The molecule has 1 aromatic rings. The molecule has 2 saturated heterocycles. The largest absolute Gasteiger partial charge is 0.445 e. The lowest BCUT2D eigenvalue weighted by Crippen LogP contribution is -2.58. The summed E-state index contributed by atoms with van der Waals surface area (Å²) in [5, 5.41) is 0. The number of amides is 1. The van der Waals surface area contributed by atoms with Crippen LogP contribution in [0, 0.1) is 0 Å². The van der Waals surface area contributed by atoms with Gasteiger partial charge in [-0.1, -0.05) is 30.3 Å². The summed E-state index contributed by atoms with van der Waals surface area (Å²) in [5.74, 6) is 0. The first kappa shape index (κ1) is 16.9. The van der Waals surface area contributed by atoms with Crippen LogP contribution in [-0.4, -0.2) is 72.1 Å². The summed E-state index contributed by atoms with van der Waals surface area (Å²) in [4.78, 5) is 19.4. The number of hydrogen-bond acceptors (Lipinski definition) is 4. The van der Waals surface area contributed by atoms with Crippen molar-refractivity contribution >= 4 is 6.09 Å². The van der Waals surface area contributed by atoms with E-state index >= 15 is 0 Å². The number of hydrogen-bond donors (Lipinski definition) is 0. The van der Waals surface area contributed by atoms with Gasteiger partial charge >= 0.3 is 6.09 Å².